The Morgan fingerprint density at radius 1 is 1.53 bits per heavy atom. The van der Waals surface area contributed by atoms with Crippen molar-refractivity contribution in [2.24, 2.45) is 5.92 Å². The van der Waals surface area contributed by atoms with Crippen molar-refractivity contribution in [2.45, 2.75) is 6.42 Å². The summed E-state index contributed by atoms with van der Waals surface area (Å²) in [5.74, 6) is 0.0901. The average Bonchev–Trinajstić information content (AvgIpc) is 2.23. The van der Waals surface area contributed by atoms with E-state index >= 15 is 0 Å². The van der Waals surface area contributed by atoms with Gasteiger partial charge in [-0.05, 0) is 24.1 Å². The normalized spacial score (nSPS) is 15.4. The first-order valence-corrected chi connectivity index (χ1v) is 5.87. The number of hydrogen-bond donors (Lipinski definition) is 1. The quantitative estimate of drug-likeness (QED) is 0.847. The summed E-state index contributed by atoms with van der Waals surface area (Å²) in [4.78, 5) is 13.6. The number of nitrogens with zero attached hydrogens (tertiary/aromatic N) is 1. The number of nitrogens with one attached hydrogen (secondary N) is 1. The second kappa shape index (κ2) is 5.27. The number of halogens is 1. The van der Waals surface area contributed by atoms with E-state index in [-0.39, 0.29) is 17.6 Å². The molecule has 1 N–H and O–H groups in total. The Morgan fingerprint density at radius 3 is 2.88 bits per heavy atom. The highest BCUT2D eigenvalue weighted by molar-refractivity contribution is 5.79. The molecule has 1 aliphatic heterocycles. The highest BCUT2D eigenvalue weighted by Gasteiger charge is 2.27. The first kappa shape index (κ1) is 12.0. The fourth-order valence-electron chi connectivity index (χ4n) is 1.87. The molecule has 0 bridgehead atoms. The highest BCUT2D eigenvalue weighted by atomic mass is 19.1. The third kappa shape index (κ3) is 3.03. The van der Waals surface area contributed by atoms with Gasteiger partial charge in [-0.15, -0.1) is 0 Å². The van der Waals surface area contributed by atoms with Crippen LogP contribution in [0.5, 0.6) is 0 Å². The van der Waals surface area contributed by atoms with Crippen molar-refractivity contribution in [1.29, 1.82) is 0 Å². The van der Waals surface area contributed by atoms with Gasteiger partial charge in [0.2, 0.25) is 5.91 Å². The van der Waals surface area contributed by atoms with E-state index in [0.29, 0.717) is 13.0 Å². The zero-order chi connectivity index (χ0) is 12.3. The first-order valence-electron chi connectivity index (χ1n) is 5.87. The van der Waals surface area contributed by atoms with Crippen LogP contribution in [-0.2, 0) is 11.2 Å². The Morgan fingerprint density at radius 2 is 2.29 bits per heavy atom. The number of benzene rings is 1. The highest BCUT2D eigenvalue weighted by Crippen LogP contribution is 2.09. The van der Waals surface area contributed by atoms with Crippen molar-refractivity contribution in [2.75, 3.05) is 26.7 Å². The SMILES string of the molecule is CN(CCc1cccc(F)c1)C(=O)C1CNC1. The molecule has 0 aromatic heterocycles. The van der Waals surface area contributed by atoms with Crippen LogP contribution in [0.3, 0.4) is 0 Å². The molecule has 1 saturated heterocycles. The molecular weight excluding hydrogens is 219 g/mol. The average molecular weight is 236 g/mol. The molecule has 0 unspecified atom stereocenters. The van der Waals surface area contributed by atoms with E-state index in [1.165, 1.54) is 12.1 Å². The summed E-state index contributed by atoms with van der Waals surface area (Å²) >= 11 is 0. The van der Waals surface area contributed by atoms with Gasteiger partial charge in [-0.3, -0.25) is 4.79 Å². The molecular formula is C13H17FN2O. The Bertz CT molecular complexity index is 404. The van der Waals surface area contributed by atoms with Gasteiger partial charge in [0.1, 0.15) is 5.82 Å². The lowest BCUT2D eigenvalue weighted by molar-refractivity contribution is -0.135. The van der Waals surface area contributed by atoms with Crippen LogP contribution in [0.4, 0.5) is 4.39 Å². The topological polar surface area (TPSA) is 32.3 Å². The van der Waals surface area contributed by atoms with Crippen LogP contribution in [0.1, 0.15) is 5.56 Å². The van der Waals surface area contributed by atoms with E-state index in [1.807, 2.05) is 6.07 Å². The number of hydrogen-bond acceptors (Lipinski definition) is 2. The van der Waals surface area contributed by atoms with Crippen LogP contribution in [0, 0.1) is 11.7 Å². The summed E-state index contributed by atoms with van der Waals surface area (Å²) in [7, 11) is 1.81. The minimum atomic E-state index is -0.223. The third-order valence-electron chi connectivity index (χ3n) is 3.13. The van der Waals surface area contributed by atoms with E-state index in [1.54, 1.807) is 18.0 Å². The summed E-state index contributed by atoms with van der Waals surface area (Å²) in [5, 5.41) is 3.08. The maximum atomic E-state index is 13.0. The van der Waals surface area contributed by atoms with E-state index in [2.05, 4.69) is 5.32 Å². The number of rotatable bonds is 4. The number of carbonyl (C=O) groups excluding carboxylic acids is 1. The first-order chi connectivity index (χ1) is 8.16. The van der Waals surface area contributed by atoms with Crippen molar-refractivity contribution in [3.05, 3.63) is 35.6 Å². The van der Waals surface area contributed by atoms with Crippen molar-refractivity contribution in [1.82, 2.24) is 10.2 Å². The summed E-state index contributed by atoms with van der Waals surface area (Å²) in [6.45, 7) is 2.20. The van der Waals surface area contributed by atoms with Crippen LogP contribution >= 0.6 is 0 Å². The molecule has 0 atom stereocenters. The lowest BCUT2D eigenvalue weighted by Gasteiger charge is -2.30. The van der Waals surface area contributed by atoms with Crippen LogP contribution < -0.4 is 5.32 Å². The Kier molecular flexibility index (Phi) is 3.74. The summed E-state index contributed by atoms with van der Waals surface area (Å²) in [6, 6.07) is 6.52. The van der Waals surface area contributed by atoms with Gasteiger partial charge in [0, 0.05) is 26.7 Å². The zero-order valence-electron chi connectivity index (χ0n) is 9.95. The second-order valence-corrected chi connectivity index (χ2v) is 4.49. The second-order valence-electron chi connectivity index (χ2n) is 4.49. The fraction of sp³-hybridized carbons (Fsp3) is 0.462. The molecule has 1 aliphatic rings. The van der Waals surface area contributed by atoms with Crippen molar-refractivity contribution >= 4 is 5.91 Å². The monoisotopic (exact) mass is 236 g/mol. The van der Waals surface area contributed by atoms with Crippen LogP contribution in [0.2, 0.25) is 0 Å². The Labute approximate surface area is 101 Å². The minimum absolute atomic E-state index is 0.132. The number of likely N-dealkylation sites (N-methyl/N-ethyl adjacent to an activating group) is 1. The van der Waals surface area contributed by atoms with Gasteiger partial charge in [-0.25, -0.2) is 4.39 Å². The molecule has 1 amide bonds. The Hall–Kier alpha value is -1.42. The molecule has 3 nitrogen and oxygen atoms in total. The van der Waals surface area contributed by atoms with Gasteiger partial charge in [0.15, 0.2) is 0 Å². The fourth-order valence-corrected chi connectivity index (χ4v) is 1.87. The molecule has 0 radical (unpaired) electrons. The molecule has 1 aromatic carbocycles. The van der Waals surface area contributed by atoms with Crippen molar-refractivity contribution in [3.63, 3.8) is 0 Å². The molecule has 92 valence electrons. The van der Waals surface area contributed by atoms with Crippen molar-refractivity contribution < 1.29 is 9.18 Å². The number of amides is 1. The molecule has 17 heavy (non-hydrogen) atoms. The molecule has 0 saturated carbocycles. The smallest absolute Gasteiger partial charge is 0.228 e. The molecule has 2 rings (SSSR count). The van der Waals surface area contributed by atoms with E-state index < -0.39 is 0 Å². The van der Waals surface area contributed by atoms with Gasteiger partial charge in [0.25, 0.3) is 0 Å². The van der Waals surface area contributed by atoms with E-state index in [9.17, 15) is 9.18 Å². The maximum Gasteiger partial charge on any atom is 0.228 e. The zero-order valence-corrected chi connectivity index (χ0v) is 9.95. The van der Waals surface area contributed by atoms with Crippen LogP contribution in [0.15, 0.2) is 24.3 Å². The largest absolute Gasteiger partial charge is 0.345 e. The molecule has 1 heterocycles. The number of carbonyl (C=O) groups is 1. The van der Waals surface area contributed by atoms with Gasteiger partial charge >= 0.3 is 0 Å². The van der Waals surface area contributed by atoms with Crippen LogP contribution in [-0.4, -0.2) is 37.5 Å². The molecule has 0 aliphatic carbocycles. The lowest BCUT2D eigenvalue weighted by atomic mass is 10.0. The summed E-state index contributed by atoms with van der Waals surface area (Å²) in [6.07, 6.45) is 0.695. The molecule has 1 fully saturated rings. The predicted octanol–water partition coefficient (Wildman–Crippen LogP) is 1.05. The van der Waals surface area contributed by atoms with Gasteiger partial charge in [0.05, 0.1) is 5.92 Å². The standard InChI is InChI=1S/C13H17FN2O/c1-16(13(17)11-8-15-9-11)6-5-10-3-2-4-12(14)7-10/h2-4,7,11,15H,5-6,8-9H2,1H3. The lowest BCUT2D eigenvalue weighted by Crippen LogP contribution is -2.51. The van der Waals surface area contributed by atoms with Gasteiger partial charge in [-0.2, -0.15) is 0 Å². The van der Waals surface area contributed by atoms with E-state index in [4.69, 9.17) is 0 Å². The third-order valence-corrected chi connectivity index (χ3v) is 3.13. The van der Waals surface area contributed by atoms with Gasteiger partial charge in [-0.1, -0.05) is 12.1 Å². The minimum Gasteiger partial charge on any atom is -0.345 e. The molecule has 4 heteroatoms. The van der Waals surface area contributed by atoms with E-state index in [0.717, 1.165) is 18.7 Å². The molecule has 1 aromatic rings. The van der Waals surface area contributed by atoms with Crippen molar-refractivity contribution in [3.8, 4) is 0 Å². The maximum absolute atomic E-state index is 13.0. The Balaban J connectivity index is 1.83. The predicted molar refractivity (Wildman–Crippen MR) is 64.1 cm³/mol. The summed E-state index contributed by atoms with van der Waals surface area (Å²) in [5.41, 5.74) is 0.927. The summed E-state index contributed by atoms with van der Waals surface area (Å²) < 4.78 is 13.0. The van der Waals surface area contributed by atoms with Gasteiger partial charge < -0.3 is 10.2 Å². The molecule has 0 spiro atoms. The van der Waals surface area contributed by atoms with Crippen LogP contribution in [0.25, 0.3) is 0 Å².